The molecule has 2 aliphatic heterocycles. The maximum Gasteiger partial charge on any atom is 0.416 e. The van der Waals surface area contributed by atoms with Crippen LogP contribution < -0.4 is 0 Å². The van der Waals surface area contributed by atoms with E-state index in [1.807, 2.05) is 57.2 Å². The highest BCUT2D eigenvalue weighted by Crippen LogP contribution is 2.36. The third kappa shape index (κ3) is 6.30. The lowest BCUT2D eigenvalue weighted by Gasteiger charge is -2.29. The largest absolute Gasteiger partial charge is 0.447 e. The lowest BCUT2D eigenvalue weighted by molar-refractivity contribution is -0.135. The molecule has 0 N–H and O–H groups in total. The van der Waals surface area contributed by atoms with Gasteiger partial charge in [-0.2, -0.15) is 0 Å². The highest BCUT2D eigenvalue weighted by Gasteiger charge is 2.45. The summed E-state index contributed by atoms with van der Waals surface area (Å²) in [7, 11) is 0. The van der Waals surface area contributed by atoms with Gasteiger partial charge in [0.2, 0.25) is 5.91 Å². The summed E-state index contributed by atoms with van der Waals surface area (Å²) in [6, 6.07) is 15.6. The number of benzene rings is 2. The number of cyclic esters (lactones) is 1. The fraction of sp³-hybridized carbons (Fsp3) is 0.433. The Morgan fingerprint density at radius 2 is 1.95 bits per heavy atom. The van der Waals surface area contributed by atoms with E-state index >= 15 is 0 Å². The summed E-state index contributed by atoms with van der Waals surface area (Å²) < 4.78 is 13.1. The van der Waals surface area contributed by atoms with Crippen LogP contribution in [0.1, 0.15) is 38.3 Å². The van der Waals surface area contributed by atoms with Crippen LogP contribution in [0.25, 0.3) is 10.1 Å². The summed E-state index contributed by atoms with van der Waals surface area (Å²) in [5, 5.41) is 3.20. The van der Waals surface area contributed by atoms with Crippen molar-refractivity contribution < 1.29 is 23.9 Å². The summed E-state index contributed by atoms with van der Waals surface area (Å²) in [6.07, 6.45) is 0.709. The molecule has 1 aromatic heterocycles. The minimum absolute atomic E-state index is 0.113. The Morgan fingerprint density at radius 1 is 1.18 bits per heavy atom. The molecular weight excluding hydrogens is 580 g/mol. The molecule has 2 aromatic carbocycles. The normalized spacial score (nSPS) is 20.4. The van der Waals surface area contributed by atoms with Gasteiger partial charge in [-0.1, -0.05) is 46.3 Å². The van der Waals surface area contributed by atoms with Gasteiger partial charge in [0.1, 0.15) is 12.2 Å². The van der Waals surface area contributed by atoms with E-state index in [0.29, 0.717) is 32.4 Å². The number of ether oxygens (including phenoxy) is 2. The van der Waals surface area contributed by atoms with E-state index in [9.17, 15) is 14.4 Å². The fourth-order valence-corrected chi connectivity index (χ4v) is 6.78. The van der Waals surface area contributed by atoms with Gasteiger partial charge in [-0.25, -0.2) is 14.5 Å². The second-order valence-electron chi connectivity index (χ2n) is 11.3. The smallest absolute Gasteiger partial charge is 0.416 e. The average Bonchev–Trinajstić information content (AvgIpc) is 3.61. The van der Waals surface area contributed by atoms with Gasteiger partial charge in [-0.15, -0.1) is 11.3 Å². The minimum atomic E-state index is -0.600. The van der Waals surface area contributed by atoms with E-state index < -0.39 is 17.6 Å². The molecule has 7 nitrogen and oxygen atoms in total. The van der Waals surface area contributed by atoms with Crippen molar-refractivity contribution >= 4 is 55.4 Å². The van der Waals surface area contributed by atoms with Crippen LogP contribution in [0.5, 0.6) is 0 Å². The van der Waals surface area contributed by atoms with E-state index in [-0.39, 0.29) is 30.6 Å². The van der Waals surface area contributed by atoms with Crippen molar-refractivity contribution in [2.24, 2.45) is 11.8 Å². The number of amides is 3. The first kappa shape index (κ1) is 27.6. The third-order valence-electron chi connectivity index (χ3n) is 7.33. The maximum atomic E-state index is 14.3. The maximum absolute atomic E-state index is 14.3. The molecule has 2 aliphatic rings. The number of thiophene rings is 1. The fourth-order valence-electron chi connectivity index (χ4n) is 5.46. The number of halogens is 1. The molecule has 0 bridgehead atoms. The topological polar surface area (TPSA) is 76.2 Å². The molecule has 5 rings (SSSR count). The molecule has 39 heavy (non-hydrogen) atoms. The van der Waals surface area contributed by atoms with E-state index in [2.05, 4.69) is 33.4 Å². The van der Waals surface area contributed by atoms with E-state index in [4.69, 9.17) is 9.47 Å². The van der Waals surface area contributed by atoms with Crippen LogP contribution in [-0.2, 0) is 27.1 Å². The molecule has 2 saturated heterocycles. The van der Waals surface area contributed by atoms with Gasteiger partial charge in [0.05, 0.1) is 6.04 Å². The molecule has 3 amide bonds. The van der Waals surface area contributed by atoms with Crippen molar-refractivity contribution in [2.45, 2.75) is 51.7 Å². The van der Waals surface area contributed by atoms with Crippen molar-refractivity contribution in [3.05, 3.63) is 69.5 Å². The van der Waals surface area contributed by atoms with Gasteiger partial charge in [0.25, 0.3) is 0 Å². The second-order valence-corrected chi connectivity index (χ2v) is 13.1. The molecule has 0 unspecified atom stereocenters. The zero-order chi connectivity index (χ0) is 27.7. The standard InChI is InChI=1S/C30H33BrN2O5S/c1-30(2,3)38-28(35)32-12-11-20(16-32)25(14-21-18-39-26-10-9-22(31)15-24(21)26)27(34)33-23(17-37-29(33)36)13-19-7-5-4-6-8-19/h4-10,15,18,20,23,25H,11-14,16-17H2,1-3H3/t20-,23-,25-/m0/s1. The summed E-state index contributed by atoms with van der Waals surface area (Å²) in [4.78, 5) is 43.0. The Kier molecular flexibility index (Phi) is 8.01. The lowest BCUT2D eigenvalue weighted by Crippen LogP contribution is -2.46. The summed E-state index contributed by atoms with van der Waals surface area (Å²) >= 11 is 5.22. The Hall–Kier alpha value is -2.91. The molecule has 0 spiro atoms. The van der Waals surface area contributed by atoms with Crippen LogP contribution in [-0.4, -0.2) is 59.2 Å². The van der Waals surface area contributed by atoms with Gasteiger partial charge < -0.3 is 14.4 Å². The first-order valence-electron chi connectivity index (χ1n) is 13.3. The quantitative estimate of drug-likeness (QED) is 0.311. The number of fused-ring (bicyclic) bond motifs is 1. The summed E-state index contributed by atoms with van der Waals surface area (Å²) in [5.74, 6) is -0.833. The number of hydrogen-bond acceptors (Lipinski definition) is 6. The zero-order valence-corrected chi connectivity index (χ0v) is 24.8. The monoisotopic (exact) mass is 612 g/mol. The molecule has 3 heterocycles. The summed E-state index contributed by atoms with van der Waals surface area (Å²) in [6.45, 7) is 6.62. The molecule has 3 aromatic rings. The predicted octanol–water partition coefficient (Wildman–Crippen LogP) is 6.67. The number of carbonyl (C=O) groups excluding carboxylic acids is 3. The zero-order valence-electron chi connectivity index (χ0n) is 22.4. The molecular formula is C30H33BrN2O5S. The molecule has 3 atom stereocenters. The SMILES string of the molecule is CC(C)(C)OC(=O)N1CC[C@H]([C@H](Cc2csc3ccc(Br)cc23)C(=O)N2C(=O)OC[C@@H]2Cc2ccccc2)C1. The van der Waals surface area contributed by atoms with Crippen molar-refractivity contribution in [3.63, 3.8) is 0 Å². The number of imide groups is 1. The Labute approximate surface area is 241 Å². The van der Waals surface area contributed by atoms with Crippen LogP contribution >= 0.6 is 27.3 Å². The molecule has 0 radical (unpaired) electrons. The van der Waals surface area contributed by atoms with Crippen molar-refractivity contribution in [3.8, 4) is 0 Å². The number of likely N-dealkylation sites (tertiary alicyclic amines) is 1. The van der Waals surface area contributed by atoms with Crippen molar-refractivity contribution in [2.75, 3.05) is 19.7 Å². The van der Waals surface area contributed by atoms with Gasteiger partial charge in [-0.3, -0.25) is 4.79 Å². The number of hydrogen-bond donors (Lipinski definition) is 0. The van der Waals surface area contributed by atoms with E-state index in [1.165, 1.54) is 4.90 Å². The highest BCUT2D eigenvalue weighted by atomic mass is 79.9. The van der Waals surface area contributed by atoms with Gasteiger partial charge >= 0.3 is 12.2 Å². The average molecular weight is 614 g/mol. The molecule has 0 saturated carbocycles. The number of carbonyl (C=O) groups is 3. The predicted molar refractivity (Wildman–Crippen MR) is 155 cm³/mol. The van der Waals surface area contributed by atoms with Crippen molar-refractivity contribution in [1.82, 2.24) is 9.80 Å². The first-order valence-corrected chi connectivity index (χ1v) is 14.9. The van der Waals surface area contributed by atoms with Gasteiger partial charge in [-0.05, 0) is 86.0 Å². The van der Waals surface area contributed by atoms with E-state index in [1.54, 1.807) is 16.2 Å². The van der Waals surface area contributed by atoms with Crippen molar-refractivity contribution in [1.29, 1.82) is 0 Å². The van der Waals surface area contributed by atoms with Crippen LogP contribution in [0.2, 0.25) is 0 Å². The van der Waals surface area contributed by atoms with Crippen LogP contribution in [0.3, 0.4) is 0 Å². The summed E-state index contributed by atoms with van der Waals surface area (Å²) in [5.41, 5.74) is 1.51. The Bertz CT molecular complexity index is 1370. The first-order chi connectivity index (χ1) is 18.6. The van der Waals surface area contributed by atoms with Gasteiger partial charge in [0, 0.05) is 28.2 Å². The van der Waals surface area contributed by atoms with Crippen LogP contribution in [0.15, 0.2) is 58.4 Å². The molecule has 0 aliphatic carbocycles. The third-order valence-corrected chi connectivity index (χ3v) is 8.84. The lowest BCUT2D eigenvalue weighted by atomic mass is 9.84. The molecule has 2 fully saturated rings. The van der Waals surface area contributed by atoms with Crippen LogP contribution in [0.4, 0.5) is 9.59 Å². The Morgan fingerprint density at radius 3 is 2.69 bits per heavy atom. The number of nitrogens with zero attached hydrogens (tertiary/aromatic N) is 2. The molecule has 9 heteroatoms. The van der Waals surface area contributed by atoms with Gasteiger partial charge in [0.15, 0.2) is 0 Å². The van der Waals surface area contributed by atoms with E-state index in [0.717, 1.165) is 25.7 Å². The van der Waals surface area contributed by atoms with Crippen LogP contribution in [0, 0.1) is 11.8 Å². The minimum Gasteiger partial charge on any atom is -0.447 e. The Balaban J connectivity index is 1.43. The highest BCUT2D eigenvalue weighted by molar-refractivity contribution is 9.10. The molecule has 206 valence electrons. The second kappa shape index (κ2) is 11.3. The number of rotatable bonds is 6.